The molecule has 0 spiro atoms. The van der Waals surface area contributed by atoms with Gasteiger partial charge in [0.1, 0.15) is 5.82 Å². The van der Waals surface area contributed by atoms with E-state index in [0.717, 1.165) is 12.5 Å². The smallest absolute Gasteiger partial charge is 0.253 e. The zero-order chi connectivity index (χ0) is 14.6. The molecule has 114 valence electrons. The van der Waals surface area contributed by atoms with Crippen molar-refractivity contribution in [3.05, 3.63) is 34.6 Å². The lowest BCUT2D eigenvalue weighted by Crippen LogP contribution is -2.52. The third-order valence-electron chi connectivity index (χ3n) is 2.90. The number of rotatable bonds is 5. The number of carbonyl (C=O) groups is 1. The fourth-order valence-corrected chi connectivity index (χ4v) is 2.35. The van der Waals surface area contributed by atoms with Gasteiger partial charge in [0.15, 0.2) is 0 Å². The average Bonchev–Trinajstić information content (AvgIpc) is 2.27. The van der Waals surface area contributed by atoms with Crippen LogP contribution in [0.25, 0.3) is 0 Å². The predicted octanol–water partition coefficient (Wildman–Crippen LogP) is 3.39. The second kappa shape index (κ2) is 7.81. The number of benzene rings is 1. The predicted molar refractivity (Wildman–Crippen MR) is 83.0 cm³/mol. The van der Waals surface area contributed by atoms with Gasteiger partial charge < -0.3 is 11.1 Å². The summed E-state index contributed by atoms with van der Waals surface area (Å²) in [6.45, 7) is 6.34. The highest BCUT2D eigenvalue weighted by Crippen LogP contribution is 2.20. The molecule has 0 aliphatic rings. The topological polar surface area (TPSA) is 55.1 Å². The van der Waals surface area contributed by atoms with Crippen molar-refractivity contribution in [1.82, 2.24) is 5.32 Å². The molecule has 3 nitrogen and oxygen atoms in total. The van der Waals surface area contributed by atoms with Gasteiger partial charge in [0, 0.05) is 12.1 Å². The summed E-state index contributed by atoms with van der Waals surface area (Å²) in [5.74, 6) is -0.401. The maximum absolute atomic E-state index is 13.0. The van der Waals surface area contributed by atoms with Gasteiger partial charge in [0.05, 0.1) is 10.6 Å². The Balaban J connectivity index is 0.00000361. The quantitative estimate of drug-likeness (QED) is 0.873. The zero-order valence-corrected chi connectivity index (χ0v) is 13.4. The third kappa shape index (κ3) is 5.27. The van der Waals surface area contributed by atoms with E-state index < -0.39 is 11.4 Å². The van der Waals surface area contributed by atoms with Gasteiger partial charge in [-0.2, -0.15) is 0 Å². The van der Waals surface area contributed by atoms with Gasteiger partial charge in [-0.15, -0.1) is 12.4 Å². The first kappa shape index (κ1) is 19.2. The Kier molecular flexibility index (Phi) is 7.49. The number of amides is 1. The summed E-state index contributed by atoms with van der Waals surface area (Å²) in [4.78, 5) is 12.2. The normalized spacial score (nSPS) is 13.6. The minimum atomic E-state index is -0.497. The van der Waals surface area contributed by atoms with Gasteiger partial charge in [-0.3, -0.25) is 4.79 Å². The molecule has 1 aromatic carbocycles. The Hall–Kier alpha value is -0.840. The zero-order valence-electron chi connectivity index (χ0n) is 11.9. The lowest BCUT2D eigenvalue weighted by atomic mass is 9.90. The van der Waals surface area contributed by atoms with Crippen LogP contribution in [0.5, 0.6) is 0 Å². The molecule has 0 saturated heterocycles. The largest absolute Gasteiger partial charge is 0.346 e. The van der Waals surface area contributed by atoms with Crippen LogP contribution in [0, 0.1) is 11.7 Å². The summed E-state index contributed by atoms with van der Waals surface area (Å²) in [7, 11) is 0. The maximum atomic E-state index is 13.0. The van der Waals surface area contributed by atoms with E-state index in [1.54, 1.807) is 0 Å². The van der Waals surface area contributed by atoms with Crippen molar-refractivity contribution in [3.8, 4) is 0 Å². The van der Waals surface area contributed by atoms with Crippen molar-refractivity contribution in [3.63, 3.8) is 0 Å². The fraction of sp³-hybridized carbons (Fsp3) is 0.500. The summed E-state index contributed by atoms with van der Waals surface area (Å²) < 4.78 is 13.0. The molecule has 0 heterocycles. The van der Waals surface area contributed by atoms with Gasteiger partial charge in [-0.1, -0.05) is 25.4 Å². The summed E-state index contributed by atoms with van der Waals surface area (Å²) in [5, 5.41) is 2.98. The summed E-state index contributed by atoms with van der Waals surface area (Å²) >= 11 is 5.87. The minimum absolute atomic E-state index is 0. The van der Waals surface area contributed by atoms with Crippen molar-refractivity contribution in [1.29, 1.82) is 0 Å². The van der Waals surface area contributed by atoms with E-state index in [-0.39, 0.29) is 28.9 Å². The van der Waals surface area contributed by atoms with Crippen LogP contribution in [0.3, 0.4) is 0 Å². The van der Waals surface area contributed by atoms with Crippen LogP contribution < -0.4 is 11.1 Å². The summed E-state index contributed by atoms with van der Waals surface area (Å²) in [5.41, 5.74) is 5.50. The van der Waals surface area contributed by atoms with Crippen molar-refractivity contribution in [2.24, 2.45) is 11.7 Å². The molecule has 0 aliphatic heterocycles. The van der Waals surface area contributed by atoms with Crippen molar-refractivity contribution in [2.75, 3.05) is 6.54 Å². The van der Waals surface area contributed by atoms with Gasteiger partial charge >= 0.3 is 0 Å². The molecule has 3 N–H and O–H groups in total. The molecule has 1 amide bonds. The SMILES string of the molecule is CC(C)CC(C)(CN)NC(=O)c1ccc(F)cc1Cl.Cl. The Bertz CT molecular complexity index is 468. The first-order chi connectivity index (χ1) is 8.77. The van der Waals surface area contributed by atoms with Crippen LogP contribution in [-0.2, 0) is 0 Å². The van der Waals surface area contributed by atoms with E-state index in [9.17, 15) is 9.18 Å². The van der Waals surface area contributed by atoms with E-state index in [1.165, 1.54) is 12.1 Å². The number of hydrogen-bond donors (Lipinski definition) is 2. The monoisotopic (exact) mass is 322 g/mol. The molecule has 1 aromatic rings. The van der Waals surface area contributed by atoms with E-state index in [2.05, 4.69) is 19.2 Å². The first-order valence-corrected chi connectivity index (χ1v) is 6.63. The number of nitrogens with two attached hydrogens (primary N) is 1. The second-order valence-electron chi connectivity index (χ2n) is 5.44. The molecule has 1 atom stereocenters. The first-order valence-electron chi connectivity index (χ1n) is 6.25. The second-order valence-corrected chi connectivity index (χ2v) is 5.85. The highest BCUT2D eigenvalue weighted by atomic mass is 35.5. The molecule has 1 rings (SSSR count). The average molecular weight is 323 g/mol. The third-order valence-corrected chi connectivity index (χ3v) is 3.21. The summed E-state index contributed by atoms with van der Waals surface area (Å²) in [6.07, 6.45) is 0.758. The van der Waals surface area contributed by atoms with Crippen LogP contribution >= 0.6 is 24.0 Å². The standard InChI is InChI=1S/C14H20ClFN2O.ClH/c1-9(2)7-14(3,8-17)18-13(19)11-5-4-10(16)6-12(11)15;/h4-6,9H,7-8,17H2,1-3H3,(H,18,19);1H. The van der Waals surface area contributed by atoms with E-state index >= 15 is 0 Å². The van der Waals surface area contributed by atoms with Crippen LogP contribution in [0.1, 0.15) is 37.6 Å². The Morgan fingerprint density at radius 2 is 2.10 bits per heavy atom. The van der Waals surface area contributed by atoms with Gasteiger partial charge in [0.2, 0.25) is 0 Å². The minimum Gasteiger partial charge on any atom is -0.346 e. The fourth-order valence-electron chi connectivity index (χ4n) is 2.10. The molecule has 0 aliphatic carbocycles. The van der Waals surface area contributed by atoms with Gasteiger partial charge in [0.25, 0.3) is 5.91 Å². The molecule has 0 bridgehead atoms. The molecule has 6 heteroatoms. The Morgan fingerprint density at radius 1 is 1.50 bits per heavy atom. The summed E-state index contributed by atoms with van der Waals surface area (Å²) in [6, 6.07) is 3.71. The van der Waals surface area contributed by atoms with E-state index in [1.807, 2.05) is 6.92 Å². The van der Waals surface area contributed by atoms with Crippen LogP contribution in [0.4, 0.5) is 4.39 Å². The Labute approximate surface area is 130 Å². The molecule has 0 fully saturated rings. The highest BCUT2D eigenvalue weighted by Gasteiger charge is 2.27. The number of hydrogen-bond acceptors (Lipinski definition) is 2. The van der Waals surface area contributed by atoms with Gasteiger partial charge in [-0.25, -0.2) is 4.39 Å². The number of nitrogens with one attached hydrogen (secondary N) is 1. The molecular weight excluding hydrogens is 302 g/mol. The Morgan fingerprint density at radius 3 is 2.55 bits per heavy atom. The number of carbonyl (C=O) groups excluding carboxylic acids is 1. The van der Waals surface area contributed by atoms with Crippen molar-refractivity contribution < 1.29 is 9.18 Å². The van der Waals surface area contributed by atoms with E-state index in [0.29, 0.717) is 12.5 Å². The van der Waals surface area contributed by atoms with Crippen LogP contribution in [-0.4, -0.2) is 18.0 Å². The molecule has 20 heavy (non-hydrogen) atoms. The number of halogens is 3. The van der Waals surface area contributed by atoms with Crippen LogP contribution in [0.15, 0.2) is 18.2 Å². The molecule has 0 aromatic heterocycles. The van der Waals surface area contributed by atoms with Crippen molar-refractivity contribution in [2.45, 2.75) is 32.7 Å². The molecule has 1 unspecified atom stereocenters. The van der Waals surface area contributed by atoms with Crippen LogP contribution in [0.2, 0.25) is 5.02 Å². The molecule has 0 radical (unpaired) electrons. The van der Waals surface area contributed by atoms with E-state index in [4.69, 9.17) is 17.3 Å². The molecular formula is C14H21Cl2FN2O. The maximum Gasteiger partial charge on any atom is 0.253 e. The molecule has 0 saturated carbocycles. The van der Waals surface area contributed by atoms with Gasteiger partial charge in [-0.05, 0) is 37.5 Å². The lowest BCUT2D eigenvalue weighted by molar-refractivity contribution is 0.0898. The van der Waals surface area contributed by atoms with Crippen molar-refractivity contribution >= 4 is 29.9 Å². The highest BCUT2D eigenvalue weighted by molar-refractivity contribution is 6.33. The lowest BCUT2D eigenvalue weighted by Gasteiger charge is -2.31.